The fraction of sp³-hybridized carbons (Fsp3) is 0.0667. The number of aromatic nitrogens is 3. The molecular weight excluding hydrogens is 355 g/mol. The first-order chi connectivity index (χ1) is 11.5. The van der Waals surface area contributed by atoms with Gasteiger partial charge in [-0.25, -0.2) is 18.6 Å². The number of thioether (sulfide) groups is 1. The smallest absolute Gasteiger partial charge is 0.325 e. The highest BCUT2D eigenvalue weighted by atomic mass is 35.5. The molecular formula is C15H10ClFN4O2S. The van der Waals surface area contributed by atoms with E-state index in [0.29, 0.717) is 16.4 Å². The molecule has 0 aliphatic heterocycles. The van der Waals surface area contributed by atoms with Crippen LogP contribution in [0.4, 0.5) is 10.1 Å². The Bertz CT molecular complexity index is 979. The van der Waals surface area contributed by atoms with Crippen molar-refractivity contribution in [1.82, 2.24) is 14.4 Å². The molecule has 9 heteroatoms. The van der Waals surface area contributed by atoms with Crippen LogP contribution in [0, 0.1) is 5.82 Å². The van der Waals surface area contributed by atoms with Gasteiger partial charge in [-0.15, -0.1) is 0 Å². The summed E-state index contributed by atoms with van der Waals surface area (Å²) in [4.78, 5) is 31.8. The van der Waals surface area contributed by atoms with Crippen LogP contribution < -0.4 is 11.0 Å². The molecule has 2 heterocycles. The summed E-state index contributed by atoms with van der Waals surface area (Å²) < 4.78 is 14.3. The fourth-order valence-corrected chi connectivity index (χ4v) is 2.72. The summed E-state index contributed by atoms with van der Waals surface area (Å²) >= 11 is 6.83. The molecule has 1 amide bonds. The maximum Gasteiger partial charge on any atom is 0.355 e. The molecule has 3 aromatic rings. The van der Waals surface area contributed by atoms with Crippen LogP contribution in [0.5, 0.6) is 0 Å². The Labute approximate surface area is 144 Å². The number of nitrogens with zero attached hydrogens (tertiary/aromatic N) is 3. The molecule has 0 unspecified atom stereocenters. The van der Waals surface area contributed by atoms with Crippen molar-refractivity contribution < 1.29 is 9.18 Å². The molecule has 1 aromatic carbocycles. The molecule has 24 heavy (non-hydrogen) atoms. The number of halogens is 2. The van der Waals surface area contributed by atoms with E-state index in [1.165, 1.54) is 28.8 Å². The van der Waals surface area contributed by atoms with Gasteiger partial charge in [0.05, 0.1) is 10.8 Å². The van der Waals surface area contributed by atoms with Crippen molar-refractivity contribution in [3.05, 3.63) is 63.9 Å². The Hall–Kier alpha value is -2.45. The molecule has 6 nitrogen and oxygen atoms in total. The van der Waals surface area contributed by atoms with Gasteiger partial charge in [0.1, 0.15) is 11.5 Å². The summed E-state index contributed by atoms with van der Waals surface area (Å²) in [6, 6.07) is 8.76. The standard InChI is InChI=1S/C15H10ClFN4O2S/c16-9-4-5-12-19-14(20-15(23)21(12)7-9)24-8-13(22)18-11-3-1-2-10(17)6-11/h1-7H,8H2,(H,18,22). The van der Waals surface area contributed by atoms with Crippen LogP contribution in [-0.2, 0) is 4.79 Å². The largest absolute Gasteiger partial charge is 0.355 e. The lowest BCUT2D eigenvalue weighted by Gasteiger charge is -2.05. The lowest BCUT2D eigenvalue weighted by Crippen LogP contribution is -2.20. The molecule has 0 saturated carbocycles. The van der Waals surface area contributed by atoms with E-state index >= 15 is 0 Å². The number of carbonyl (C=O) groups excluding carboxylic acids is 1. The van der Waals surface area contributed by atoms with Crippen molar-refractivity contribution in [2.24, 2.45) is 0 Å². The molecule has 2 aromatic heterocycles. The normalized spacial score (nSPS) is 10.8. The van der Waals surface area contributed by atoms with Crippen molar-refractivity contribution in [1.29, 1.82) is 0 Å². The second kappa shape index (κ2) is 6.98. The van der Waals surface area contributed by atoms with E-state index < -0.39 is 11.5 Å². The number of carbonyl (C=O) groups is 1. The van der Waals surface area contributed by atoms with Gasteiger partial charge >= 0.3 is 5.69 Å². The number of pyridine rings is 1. The van der Waals surface area contributed by atoms with E-state index in [1.807, 2.05) is 0 Å². The van der Waals surface area contributed by atoms with E-state index in [4.69, 9.17) is 11.6 Å². The summed E-state index contributed by atoms with van der Waals surface area (Å²) in [5.74, 6) is -0.810. The third kappa shape index (κ3) is 3.90. The van der Waals surface area contributed by atoms with Crippen LogP contribution in [0.3, 0.4) is 0 Å². The number of nitrogens with one attached hydrogen (secondary N) is 1. The summed E-state index contributed by atoms with van der Waals surface area (Å²) in [6.07, 6.45) is 1.42. The fourth-order valence-electron chi connectivity index (χ4n) is 1.93. The first-order valence-corrected chi connectivity index (χ1v) is 8.12. The topological polar surface area (TPSA) is 76.4 Å². The number of anilines is 1. The molecule has 3 rings (SSSR count). The number of fused-ring (bicyclic) bond motifs is 1. The Morgan fingerprint density at radius 3 is 2.92 bits per heavy atom. The average molecular weight is 365 g/mol. The van der Waals surface area contributed by atoms with Crippen molar-refractivity contribution in [2.75, 3.05) is 11.1 Å². The SMILES string of the molecule is O=C(CSc1nc(=O)n2cc(Cl)ccc2n1)Nc1cccc(F)c1. The van der Waals surface area contributed by atoms with Crippen molar-refractivity contribution in [3.8, 4) is 0 Å². The van der Waals surface area contributed by atoms with Crippen molar-refractivity contribution in [2.45, 2.75) is 5.16 Å². The highest BCUT2D eigenvalue weighted by molar-refractivity contribution is 7.99. The van der Waals surface area contributed by atoms with E-state index in [2.05, 4.69) is 15.3 Å². The summed E-state index contributed by atoms with van der Waals surface area (Å²) in [6.45, 7) is 0. The lowest BCUT2D eigenvalue weighted by atomic mass is 10.3. The maximum absolute atomic E-state index is 13.1. The van der Waals surface area contributed by atoms with Crippen LogP contribution in [0.25, 0.3) is 5.65 Å². The quantitative estimate of drug-likeness (QED) is 0.720. The predicted molar refractivity (Wildman–Crippen MR) is 90.0 cm³/mol. The molecule has 0 spiro atoms. The molecule has 0 radical (unpaired) electrons. The van der Waals surface area contributed by atoms with E-state index in [0.717, 1.165) is 11.8 Å². The number of hydrogen-bond acceptors (Lipinski definition) is 5. The van der Waals surface area contributed by atoms with E-state index in [-0.39, 0.29) is 16.8 Å². The molecule has 0 saturated heterocycles. The maximum atomic E-state index is 13.1. The molecule has 0 fully saturated rings. The summed E-state index contributed by atoms with van der Waals surface area (Å²) in [5.41, 5.74) is 0.206. The Kier molecular flexibility index (Phi) is 4.77. The van der Waals surface area contributed by atoms with Gasteiger partial charge in [0.25, 0.3) is 0 Å². The van der Waals surface area contributed by atoms with Gasteiger partial charge < -0.3 is 5.32 Å². The van der Waals surface area contributed by atoms with Crippen molar-refractivity contribution >= 4 is 40.6 Å². The monoisotopic (exact) mass is 364 g/mol. The molecule has 122 valence electrons. The van der Waals surface area contributed by atoms with Gasteiger partial charge in [-0.1, -0.05) is 29.4 Å². The second-order valence-electron chi connectivity index (χ2n) is 4.71. The lowest BCUT2D eigenvalue weighted by molar-refractivity contribution is -0.113. The number of amides is 1. The zero-order chi connectivity index (χ0) is 17.1. The van der Waals surface area contributed by atoms with Crippen LogP contribution >= 0.6 is 23.4 Å². The van der Waals surface area contributed by atoms with Gasteiger partial charge in [0.15, 0.2) is 5.16 Å². The van der Waals surface area contributed by atoms with Gasteiger partial charge in [0, 0.05) is 11.9 Å². The third-order valence-electron chi connectivity index (χ3n) is 2.94. The minimum Gasteiger partial charge on any atom is -0.325 e. The first kappa shape index (κ1) is 16.4. The van der Waals surface area contributed by atoms with Crippen molar-refractivity contribution in [3.63, 3.8) is 0 Å². The molecule has 0 aliphatic rings. The van der Waals surface area contributed by atoms with Crippen LogP contribution in [0.2, 0.25) is 5.02 Å². The molecule has 0 bridgehead atoms. The van der Waals surface area contributed by atoms with Crippen LogP contribution in [0.1, 0.15) is 0 Å². The number of benzene rings is 1. The number of hydrogen-bond donors (Lipinski definition) is 1. The van der Waals surface area contributed by atoms with Gasteiger partial charge in [0.2, 0.25) is 5.91 Å². The Balaban J connectivity index is 1.70. The van der Waals surface area contributed by atoms with Crippen LogP contribution in [-0.4, -0.2) is 26.0 Å². The highest BCUT2D eigenvalue weighted by Gasteiger charge is 2.09. The van der Waals surface area contributed by atoms with Gasteiger partial charge in [-0.3, -0.25) is 4.79 Å². The van der Waals surface area contributed by atoms with E-state index in [1.54, 1.807) is 18.2 Å². The van der Waals surface area contributed by atoms with Gasteiger partial charge in [-0.2, -0.15) is 4.98 Å². The van der Waals surface area contributed by atoms with Crippen LogP contribution in [0.15, 0.2) is 52.5 Å². The minimum absolute atomic E-state index is 0.0142. The molecule has 0 atom stereocenters. The summed E-state index contributed by atoms with van der Waals surface area (Å²) in [7, 11) is 0. The Morgan fingerprint density at radius 1 is 1.29 bits per heavy atom. The molecule has 1 N–H and O–H groups in total. The zero-order valence-electron chi connectivity index (χ0n) is 12.1. The molecule has 0 aliphatic carbocycles. The zero-order valence-corrected chi connectivity index (χ0v) is 13.6. The van der Waals surface area contributed by atoms with E-state index in [9.17, 15) is 14.0 Å². The van der Waals surface area contributed by atoms with Gasteiger partial charge in [-0.05, 0) is 30.3 Å². The average Bonchev–Trinajstić information content (AvgIpc) is 2.54. The third-order valence-corrected chi connectivity index (χ3v) is 4.01. The first-order valence-electron chi connectivity index (χ1n) is 6.75. The summed E-state index contributed by atoms with van der Waals surface area (Å²) in [5, 5.41) is 3.13. The Morgan fingerprint density at radius 2 is 2.12 bits per heavy atom. The highest BCUT2D eigenvalue weighted by Crippen LogP contribution is 2.15. The minimum atomic E-state index is -0.532. The second-order valence-corrected chi connectivity index (χ2v) is 6.09. The number of rotatable bonds is 4. The predicted octanol–water partition coefficient (Wildman–Crippen LogP) is 2.61.